The van der Waals surface area contributed by atoms with Gasteiger partial charge in [0.2, 0.25) is 5.91 Å². The predicted molar refractivity (Wildman–Crippen MR) is 82.1 cm³/mol. The summed E-state index contributed by atoms with van der Waals surface area (Å²) in [6.45, 7) is 4.66. The molecule has 0 unspecified atom stereocenters. The van der Waals surface area contributed by atoms with Gasteiger partial charge in [-0.15, -0.1) is 11.3 Å². The molecule has 0 bridgehead atoms. The number of thiazole rings is 1. The first-order valence-corrected chi connectivity index (χ1v) is 8.10. The van der Waals surface area contributed by atoms with Crippen molar-refractivity contribution in [1.29, 1.82) is 0 Å². The highest BCUT2D eigenvalue weighted by atomic mass is 32.1. The van der Waals surface area contributed by atoms with Gasteiger partial charge in [0.25, 0.3) is 0 Å². The van der Waals surface area contributed by atoms with Gasteiger partial charge >= 0.3 is 0 Å². The molecule has 3 heterocycles. The second kappa shape index (κ2) is 6.36. The van der Waals surface area contributed by atoms with Crippen molar-refractivity contribution in [3.63, 3.8) is 0 Å². The average molecular weight is 305 g/mol. The van der Waals surface area contributed by atoms with Gasteiger partial charge in [0, 0.05) is 30.5 Å². The molecule has 21 heavy (non-hydrogen) atoms. The zero-order chi connectivity index (χ0) is 14.7. The van der Waals surface area contributed by atoms with E-state index in [0.29, 0.717) is 5.13 Å². The number of nitrogens with one attached hydrogen (secondary N) is 1. The van der Waals surface area contributed by atoms with Crippen molar-refractivity contribution in [2.45, 2.75) is 38.9 Å². The van der Waals surface area contributed by atoms with Crippen molar-refractivity contribution in [3.05, 3.63) is 29.8 Å². The Hall–Kier alpha value is -1.73. The number of hydrogen-bond donors (Lipinski definition) is 1. The highest BCUT2D eigenvalue weighted by Crippen LogP contribution is 2.21. The van der Waals surface area contributed by atoms with Crippen molar-refractivity contribution in [2.24, 2.45) is 0 Å². The zero-order valence-electron chi connectivity index (χ0n) is 12.0. The predicted octanol–water partition coefficient (Wildman–Crippen LogP) is 1.96. The molecule has 3 rings (SSSR count). The number of rotatable bonds is 5. The molecular weight excluding hydrogens is 286 g/mol. The van der Waals surface area contributed by atoms with Gasteiger partial charge in [-0.1, -0.05) is 0 Å². The van der Waals surface area contributed by atoms with Crippen LogP contribution in [-0.4, -0.2) is 37.9 Å². The number of amides is 1. The third-order valence-electron chi connectivity index (χ3n) is 3.82. The second-order valence-corrected chi connectivity index (χ2v) is 5.98. The smallest absolute Gasteiger partial charge is 0.243 e. The summed E-state index contributed by atoms with van der Waals surface area (Å²) < 4.78 is 2.12. The monoisotopic (exact) mass is 305 g/mol. The zero-order valence-corrected chi connectivity index (χ0v) is 12.8. The number of carbonyl (C=O) groups is 1. The summed E-state index contributed by atoms with van der Waals surface area (Å²) in [5, 5.41) is 5.43. The van der Waals surface area contributed by atoms with Crippen molar-refractivity contribution in [1.82, 2.24) is 19.4 Å². The molecule has 1 saturated heterocycles. The Kier molecular flexibility index (Phi) is 4.31. The molecule has 1 aliphatic rings. The van der Waals surface area contributed by atoms with Crippen LogP contribution >= 0.6 is 11.3 Å². The van der Waals surface area contributed by atoms with Gasteiger partial charge in [-0.05, 0) is 26.3 Å². The van der Waals surface area contributed by atoms with Crippen molar-refractivity contribution >= 4 is 22.4 Å². The van der Waals surface area contributed by atoms with E-state index in [-0.39, 0.29) is 11.9 Å². The number of carbonyl (C=O) groups excluding carboxylic acids is 1. The minimum absolute atomic E-state index is 0.0389. The minimum Gasteiger partial charge on any atom is -0.334 e. The Labute approximate surface area is 127 Å². The van der Waals surface area contributed by atoms with Crippen molar-refractivity contribution < 1.29 is 4.79 Å². The molecule has 0 saturated carbocycles. The molecule has 1 atom stereocenters. The van der Waals surface area contributed by atoms with E-state index in [4.69, 9.17) is 0 Å². The first kappa shape index (κ1) is 14.2. The van der Waals surface area contributed by atoms with Crippen molar-refractivity contribution in [2.75, 3.05) is 11.9 Å². The van der Waals surface area contributed by atoms with Gasteiger partial charge in [-0.2, -0.15) is 0 Å². The third kappa shape index (κ3) is 3.14. The third-order valence-corrected chi connectivity index (χ3v) is 4.50. The molecule has 112 valence electrons. The van der Waals surface area contributed by atoms with E-state index >= 15 is 0 Å². The van der Waals surface area contributed by atoms with Gasteiger partial charge in [0.1, 0.15) is 5.82 Å². The van der Waals surface area contributed by atoms with Crippen LogP contribution < -0.4 is 5.32 Å². The van der Waals surface area contributed by atoms with E-state index in [1.807, 2.05) is 17.8 Å². The molecule has 2 aromatic heterocycles. The maximum absolute atomic E-state index is 12.4. The molecule has 1 amide bonds. The Morgan fingerprint density at radius 3 is 3.14 bits per heavy atom. The van der Waals surface area contributed by atoms with E-state index in [0.717, 1.165) is 38.3 Å². The first-order chi connectivity index (χ1) is 10.3. The Balaban J connectivity index is 1.66. The van der Waals surface area contributed by atoms with Crippen LogP contribution in [0.1, 0.15) is 25.6 Å². The molecule has 2 aromatic rings. The number of anilines is 1. The highest BCUT2D eigenvalue weighted by molar-refractivity contribution is 7.13. The molecule has 1 fully saturated rings. The largest absolute Gasteiger partial charge is 0.334 e. The quantitative estimate of drug-likeness (QED) is 0.917. The normalized spacial score (nSPS) is 19.0. The summed E-state index contributed by atoms with van der Waals surface area (Å²) in [7, 11) is 0. The molecule has 0 aromatic carbocycles. The van der Waals surface area contributed by atoms with Crippen LogP contribution in [0.4, 0.5) is 5.13 Å². The minimum atomic E-state index is -0.0871. The molecule has 0 spiro atoms. The molecule has 7 heteroatoms. The Morgan fingerprint density at radius 1 is 1.48 bits per heavy atom. The summed E-state index contributed by atoms with van der Waals surface area (Å²) in [5.41, 5.74) is 0. The van der Waals surface area contributed by atoms with Gasteiger partial charge in [-0.25, -0.2) is 9.97 Å². The topological polar surface area (TPSA) is 63.1 Å². The standard InChI is InChI=1S/C14H19N5OS/c1-2-18-8-5-15-12(18)10-19-7-3-4-11(19)13(20)17-14-16-6-9-21-14/h5-6,8-9,11H,2-4,7,10H2,1H3,(H,16,17,20)/t11-/m1/s1. The summed E-state index contributed by atoms with van der Waals surface area (Å²) in [4.78, 5) is 23.1. The summed E-state index contributed by atoms with van der Waals surface area (Å²) >= 11 is 1.44. The summed E-state index contributed by atoms with van der Waals surface area (Å²) in [5.74, 6) is 1.06. The number of likely N-dealkylation sites (tertiary alicyclic amines) is 1. The fraction of sp³-hybridized carbons (Fsp3) is 0.500. The van der Waals surface area contributed by atoms with Crippen LogP contribution in [-0.2, 0) is 17.9 Å². The van der Waals surface area contributed by atoms with Crippen LogP contribution in [0.2, 0.25) is 0 Å². The average Bonchev–Trinajstić information content (AvgIpc) is 3.19. The van der Waals surface area contributed by atoms with Gasteiger partial charge in [-0.3, -0.25) is 9.69 Å². The molecule has 1 aliphatic heterocycles. The molecule has 6 nitrogen and oxygen atoms in total. The lowest BCUT2D eigenvalue weighted by molar-refractivity contribution is -0.120. The van der Waals surface area contributed by atoms with E-state index in [1.54, 1.807) is 6.20 Å². The number of imidazole rings is 1. The summed E-state index contributed by atoms with van der Waals surface area (Å²) in [6, 6.07) is -0.0871. The lowest BCUT2D eigenvalue weighted by Crippen LogP contribution is -2.39. The number of hydrogen-bond acceptors (Lipinski definition) is 5. The SMILES string of the molecule is CCn1ccnc1CN1CCC[C@@H]1C(=O)Nc1nccs1. The molecule has 1 N–H and O–H groups in total. The fourth-order valence-corrected chi connectivity index (χ4v) is 3.28. The highest BCUT2D eigenvalue weighted by Gasteiger charge is 2.31. The molecule has 0 aliphatic carbocycles. The molecule has 0 radical (unpaired) electrons. The molecular formula is C14H19N5OS. The maximum Gasteiger partial charge on any atom is 0.243 e. The van der Waals surface area contributed by atoms with Gasteiger partial charge in [0.05, 0.1) is 12.6 Å². The van der Waals surface area contributed by atoms with Gasteiger partial charge in [0.15, 0.2) is 5.13 Å². The second-order valence-electron chi connectivity index (χ2n) is 5.08. The van der Waals surface area contributed by atoms with Crippen molar-refractivity contribution in [3.8, 4) is 0 Å². The van der Waals surface area contributed by atoms with E-state index in [9.17, 15) is 4.79 Å². The van der Waals surface area contributed by atoms with E-state index in [2.05, 4.69) is 31.7 Å². The van der Waals surface area contributed by atoms with E-state index in [1.165, 1.54) is 11.3 Å². The van der Waals surface area contributed by atoms with Crippen LogP contribution in [0.3, 0.4) is 0 Å². The van der Waals surface area contributed by atoms with Crippen LogP contribution in [0, 0.1) is 0 Å². The fourth-order valence-electron chi connectivity index (χ4n) is 2.75. The lowest BCUT2D eigenvalue weighted by Gasteiger charge is -2.23. The number of nitrogens with zero attached hydrogens (tertiary/aromatic N) is 4. The maximum atomic E-state index is 12.4. The van der Waals surface area contributed by atoms with Gasteiger partial charge < -0.3 is 9.88 Å². The van der Waals surface area contributed by atoms with Crippen LogP contribution in [0.25, 0.3) is 0 Å². The number of aromatic nitrogens is 3. The number of aryl methyl sites for hydroxylation is 1. The van der Waals surface area contributed by atoms with E-state index < -0.39 is 0 Å². The summed E-state index contributed by atoms with van der Waals surface area (Å²) in [6.07, 6.45) is 7.44. The Bertz CT molecular complexity index is 594. The van der Waals surface area contributed by atoms with Crippen LogP contribution in [0.15, 0.2) is 24.0 Å². The lowest BCUT2D eigenvalue weighted by atomic mass is 10.2. The Morgan fingerprint density at radius 2 is 2.38 bits per heavy atom. The van der Waals surface area contributed by atoms with Crippen LogP contribution in [0.5, 0.6) is 0 Å². The first-order valence-electron chi connectivity index (χ1n) is 7.22.